The Morgan fingerprint density at radius 3 is 2.20 bits per heavy atom. The minimum absolute atomic E-state index is 0.141. The number of carbonyl (C=O) groups is 2. The summed E-state index contributed by atoms with van der Waals surface area (Å²) in [5.41, 5.74) is 6.44. The molecule has 0 heterocycles. The molecule has 0 bridgehead atoms. The van der Waals surface area contributed by atoms with Crippen LogP contribution in [0.5, 0.6) is 0 Å². The third-order valence-corrected chi connectivity index (χ3v) is 2.67. The lowest BCUT2D eigenvalue weighted by molar-refractivity contribution is -0.121. The van der Waals surface area contributed by atoms with Crippen LogP contribution in [0.25, 0.3) is 0 Å². The van der Waals surface area contributed by atoms with Gasteiger partial charge in [0.25, 0.3) is 0 Å². The summed E-state index contributed by atoms with van der Waals surface area (Å²) in [6.45, 7) is 0. The molecule has 0 saturated heterocycles. The van der Waals surface area contributed by atoms with Crippen molar-refractivity contribution >= 4 is 23.6 Å². The molecule has 2 amide bonds. The first-order chi connectivity index (χ1) is 7.13. The Balaban J connectivity index is 3.70. The molecule has 88 valence electrons. The van der Waals surface area contributed by atoms with Crippen LogP contribution >= 0.6 is 11.8 Å². The number of hydrazine groups is 3. The topological polar surface area (TPSA) is 148 Å². The largest absolute Gasteiger partial charge is 0.294 e. The molecule has 0 aromatic heterocycles. The second kappa shape index (κ2) is 8.44. The third kappa shape index (κ3) is 7.11. The van der Waals surface area contributed by atoms with Crippen LogP contribution < -0.4 is 33.8 Å². The van der Waals surface area contributed by atoms with Gasteiger partial charge in [-0.2, -0.15) is 0 Å². The zero-order valence-electron chi connectivity index (χ0n) is 8.16. The standard InChI is InChI=1S/C6H16N6O2S/c7-10-4(13)1-2-15-6(12-9)3-5(14)11-8/h6,12H,1-3,7-9H2,(H,10,13)(H,11,14). The molecule has 0 aliphatic rings. The van der Waals surface area contributed by atoms with Crippen LogP contribution in [0.15, 0.2) is 0 Å². The van der Waals surface area contributed by atoms with Gasteiger partial charge in [-0.25, -0.2) is 17.1 Å². The summed E-state index contributed by atoms with van der Waals surface area (Å²) in [4.78, 5) is 21.6. The zero-order valence-corrected chi connectivity index (χ0v) is 8.97. The van der Waals surface area contributed by atoms with E-state index >= 15 is 0 Å². The second-order valence-corrected chi connectivity index (χ2v) is 3.93. The fourth-order valence-corrected chi connectivity index (χ4v) is 1.71. The molecule has 0 aliphatic heterocycles. The third-order valence-electron chi connectivity index (χ3n) is 1.53. The Labute approximate surface area is 91.6 Å². The Kier molecular flexibility index (Phi) is 7.95. The van der Waals surface area contributed by atoms with Crippen LogP contribution in [-0.4, -0.2) is 22.9 Å². The van der Waals surface area contributed by atoms with Gasteiger partial charge in [-0.15, -0.1) is 11.8 Å². The molecule has 1 atom stereocenters. The lowest BCUT2D eigenvalue weighted by atomic mass is 10.4. The molecule has 1 unspecified atom stereocenters. The van der Waals surface area contributed by atoms with Gasteiger partial charge in [-0.05, 0) is 0 Å². The highest BCUT2D eigenvalue weighted by atomic mass is 32.2. The van der Waals surface area contributed by atoms with Crippen LogP contribution in [0.2, 0.25) is 0 Å². The summed E-state index contributed by atoms with van der Waals surface area (Å²) in [7, 11) is 0. The average Bonchev–Trinajstić information content (AvgIpc) is 2.26. The first-order valence-corrected chi connectivity index (χ1v) is 5.25. The van der Waals surface area contributed by atoms with Crippen molar-refractivity contribution in [2.75, 3.05) is 5.75 Å². The molecule has 9 heteroatoms. The highest BCUT2D eigenvalue weighted by Gasteiger charge is 2.12. The molecule has 9 N–H and O–H groups in total. The SMILES string of the molecule is NNC(=O)CCSC(CC(=O)NN)NN. The van der Waals surface area contributed by atoms with E-state index in [4.69, 9.17) is 17.5 Å². The number of carbonyl (C=O) groups excluding carboxylic acids is 2. The number of amides is 2. The van der Waals surface area contributed by atoms with E-state index in [-0.39, 0.29) is 30.0 Å². The molecule has 0 fully saturated rings. The lowest BCUT2D eigenvalue weighted by Crippen LogP contribution is -2.40. The van der Waals surface area contributed by atoms with Crippen LogP contribution in [0.4, 0.5) is 0 Å². The van der Waals surface area contributed by atoms with Crippen LogP contribution in [-0.2, 0) is 9.59 Å². The highest BCUT2D eigenvalue weighted by molar-refractivity contribution is 7.99. The predicted octanol–water partition coefficient (Wildman–Crippen LogP) is -2.73. The summed E-state index contributed by atoms with van der Waals surface area (Å²) in [6.07, 6.45) is 0.408. The Morgan fingerprint density at radius 1 is 1.13 bits per heavy atom. The van der Waals surface area contributed by atoms with Gasteiger partial charge in [0.05, 0.1) is 11.8 Å². The van der Waals surface area contributed by atoms with E-state index in [0.717, 1.165) is 0 Å². The number of rotatable bonds is 7. The van der Waals surface area contributed by atoms with Gasteiger partial charge in [-0.3, -0.25) is 26.3 Å². The maximum Gasteiger partial charge on any atom is 0.236 e. The van der Waals surface area contributed by atoms with Gasteiger partial charge in [-0.1, -0.05) is 0 Å². The van der Waals surface area contributed by atoms with E-state index in [0.29, 0.717) is 5.75 Å². The number of hydrogen-bond acceptors (Lipinski definition) is 7. The highest BCUT2D eigenvalue weighted by Crippen LogP contribution is 2.11. The van der Waals surface area contributed by atoms with Crippen LogP contribution in [0.1, 0.15) is 12.8 Å². The summed E-state index contributed by atoms with van der Waals surface area (Å²) >= 11 is 1.34. The quantitative estimate of drug-likeness (QED) is 0.122. The molecule has 0 aromatic rings. The van der Waals surface area contributed by atoms with E-state index in [2.05, 4.69) is 5.43 Å². The maximum absolute atomic E-state index is 10.9. The number of nitrogens with two attached hydrogens (primary N) is 3. The average molecular weight is 236 g/mol. The van der Waals surface area contributed by atoms with Gasteiger partial charge in [0.1, 0.15) is 0 Å². The lowest BCUT2D eigenvalue weighted by Gasteiger charge is -2.13. The zero-order chi connectivity index (χ0) is 11.7. The fourth-order valence-electron chi connectivity index (χ4n) is 0.759. The Bertz CT molecular complexity index is 214. The van der Waals surface area contributed by atoms with E-state index in [1.807, 2.05) is 10.9 Å². The monoisotopic (exact) mass is 236 g/mol. The van der Waals surface area contributed by atoms with Gasteiger partial charge in [0.2, 0.25) is 11.8 Å². The second-order valence-electron chi connectivity index (χ2n) is 2.62. The molecule has 0 spiro atoms. The fraction of sp³-hybridized carbons (Fsp3) is 0.667. The normalized spacial score (nSPS) is 11.9. The number of nitrogens with one attached hydrogen (secondary N) is 3. The minimum Gasteiger partial charge on any atom is -0.294 e. The summed E-state index contributed by atoms with van der Waals surface area (Å²) in [5.74, 6) is 14.9. The van der Waals surface area contributed by atoms with E-state index < -0.39 is 0 Å². The summed E-state index contributed by atoms with van der Waals surface area (Å²) in [5, 5.41) is -0.279. The van der Waals surface area contributed by atoms with Gasteiger partial charge in [0.15, 0.2) is 0 Å². The van der Waals surface area contributed by atoms with Gasteiger partial charge >= 0.3 is 0 Å². The maximum atomic E-state index is 10.9. The predicted molar refractivity (Wildman–Crippen MR) is 57.5 cm³/mol. The van der Waals surface area contributed by atoms with E-state index in [1.54, 1.807) is 0 Å². The Hall–Kier alpha value is -0.870. The number of hydrogen-bond donors (Lipinski definition) is 6. The van der Waals surface area contributed by atoms with Crippen molar-refractivity contribution in [2.45, 2.75) is 18.2 Å². The summed E-state index contributed by atoms with van der Waals surface area (Å²) in [6, 6.07) is 0. The minimum atomic E-state index is -0.325. The van der Waals surface area contributed by atoms with Gasteiger partial charge < -0.3 is 0 Å². The molecular formula is C6H16N6O2S. The molecule has 0 rings (SSSR count). The number of thioether (sulfide) groups is 1. The molecule has 0 aromatic carbocycles. The van der Waals surface area contributed by atoms with Crippen LogP contribution in [0.3, 0.4) is 0 Å². The molecule has 0 saturated carbocycles. The molecular weight excluding hydrogens is 220 g/mol. The van der Waals surface area contributed by atoms with E-state index in [9.17, 15) is 9.59 Å². The van der Waals surface area contributed by atoms with Crippen molar-refractivity contribution in [3.05, 3.63) is 0 Å². The van der Waals surface area contributed by atoms with Crippen LogP contribution in [0, 0.1) is 0 Å². The van der Waals surface area contributed by atoms with Crippen molar-refractivity contribution in [3.8, 4) is 0 Å². The first-order valence-electron chi connectivity index (χ1n) is 4.20. The van der Waals surface area contributed by atoms with Crippen molar-refractivity contribution in [1.82, 2.24) is 16.3 Å². The molecule has 15 heavy (non-hydrogen) atoms. The smallest absolute Gasteiger partial charge is 0.236 e. The molecule has 8 nitrogen and oxygen atoms in total. The van der Waals surface area contributed by atoms with Gasteiger partial charge in [0, 0.05) is 12.2 Å². The Morgan fingerprint density at radius 2 is 1.73 bits per heavy atom. The van der Waals surface area contributed by atoms with Crippen molar-refractivity contribution in [3.63, 3.8) is 0 Å². The first kappa shape index (κ1) is 14.1. The van der Waals surface area contributed by atoms with Crippen molar-refractivity contribution in [2.24, 2.45) is 17.5 Å². The molecule has 0 radical (unpaired) electrons. The van der Waals surface area contributed by atoms with E-state index in [1.165, 1.54) is 11.8 Å². The molecule has 0 aliphatic carbocycles. The van der Waals surface area contributed by atoms with Crippen molar-refractivity contribution in [1.29, 1.82) is 0 Å². The summed E-state index contributed by atoms with van der Waals surface area (Å²) < 4.78 is 0. The van der Waals surface area contributed by atoms with Crippen molar-refractivity contribution < 1.29 is 9.59 Å².